The van der Waals surface area contributed by atoms with Crippen LogP contribution in [0.5, 0.6) is 5.75 Å². The van der Waals surface area contributed by atoms with Crippen molar-refractivity contribution in [1.29, 1.82) is 0 Å². The number of aromatic nitrogens is 2. The van der Waals surface area contributed by atoms with Crippen LogP contribution in [-0.4, -0.2) is 52.7 Å². The number of thiophene rings is 1. The molecule has 1 aliphatic heterocycles. The molecule has 3 aromatic rings. The van der Waals surface area contributed by atoms with Crippen molar-refractivity contribution in [2.75, 3.05) is 20.2 Å². The second-order valence-corrected chi connectivity index (χ2v) is 8.69. The van der Waals surface area contributed by atoms with Crippen molar-refractivity contribution in [3.63, 3.8) is 0 Å². The molecule has 1 N–H and O–H groups in total. The number of carbonyl (C=O) groups is 2. The second-order valence-electron chi connectivity index (χ2n) is 7.66. The molecular weight excluding hydrogens is 400 g/mol. The molecule has 1 aliphatic rings. The van der Waals surface area contributed by atoms with E-state index >= 15 is 0 Å². The summed E-state index contributed by atoms with van der Waals surface area (Å²) in [6, 6.07) is 9.61. The first-order valence-corrected chi connectivity index (χ1v) is 10.9. The Morgan fingerprint density at radius 2 is 2.00 bits per heavy atom. The molecule has 3 heterocycles. The molecule has 30 heavy (non-hydrogen) atoms. The number of aryl methyl sites for hydroxylation is 2. The highest BCUT2D eigenvalue weighted by Gasteiger charge is 2.25. The van der Waals surface area contributed by atoms with Crippen LogP contribution in [0.15, 0.2) is 30.3 Å². The van der Waals surface area contributed by atoms with Crippen LogP contribution >= 0.6 is 11.3 Å². The van der Waals surface area contributed by atoms with Crippen LogP contribution in [0.2, 0.25) is 0 Å². The molecule has 158 valence electrons. The molecule has 0 unspecified atom stereocenters. The highest BCUT2D eigenvalue weighted by molar-refractivity contribution is 7.20. The monoisotopic (exact) mass is 426 g/mol. The Bertz CT molecular complexity index is 1040. The Morgan fingerprint density at radius 1 is 1.27 bits per heavy atom. The van der Waals surface area contributed by atoms with E-state index in [9.17, 15) is 9.59 Å². The number of ether oxygens (including phenoxy) is 1. The van der Waals surface area contributed by atoms with Crippen LogP contribution in [0.3, 0.4) is 0 Å². The first-order chi connectivity index (χ1) is 14.5. The number of piperidine rings is 1. The molecule has 0 bridgehead atoms. The van der Waals surface area contributed by atoms with E-state index in [4.69, 9.17) is 4.74 Å². The van der Waals surface area contributed by atoms with Gasteiger partial charge in [0, 0.05) is 37.1 Å². The molecule has 0 radical (unpaired) electrons. The number of carbonyl (C=O) groups excluding carboxylic acids is 2. The van der Waals surface area contributed by atoms with Crippen molar-refractivity contribution in [3.05, 3.63) is 46.5 Å². The van der Waals surface area contributed by atoms with E-state index in [1.807, 2.05) is 53.9 Å². The predicted octanol–water partition coefficient (Wildman–Crippen LogP) is 2.92. The van der Waals surface area contributed by atoms with Crippen molar-refractivity contribution in [3.8, 4) is 5.75 Å². The van der Waals surface area contributed by atoms with Crippen molar-refractivity contribution < 1.29 is 14.3 Å². The molecule has 0 atom stereocenters. The predicted molar refractivity (Wildman–Crippen MR) is 117 cm³/mol. The van der Waals surface area contributed by atoms with E-state index in [1.165, 1.54) is 11.3 Å². The van der Waals surface area contributed by atoms with Crippen LogP contribution in [-0.2, 0) is 18.3 Å². The van der Waals surface area contributed by atoms with Gasteiger partial charge in [-0.1, -0.05) is 18.2 Å². The van der Waals surface area contributed by atoms with E-state index < -0.39 is 0 Å². The summed E-state index contributed by atoms with van der Waals surface area (Å²) < 4.78 is 7.16. The minimum Gasteiger partial charge on any atom is -0.496 e. The number of methoxy groups -OCH3 is 1. The summed E-state index contributed by atoms with van der Waals surface area (Å²) in [5, 5.41) is 8.55. The van der Waals surface area contributed by atoms with Gasteiger partial charge < -0.3 is 15.0 Å². The molecule has 0 aliphatic carbocycles. The average Bonchev–Trinajstić information content (AvgIpc) is 3.30. The number of fused-ring (bicyclic) bond motifs is 1. The summed E-state index contributed by atoms with van der Waals surface area (Å²) in [5.41, 5.74) is 1.83. The lowest BCUT2D eigenvalue weighted by Crippen LogP contribution is -2.46. The van der Waals surface area contributed by atoms with Gasteiger partial charge in [-0.15, -0.1) is 11.3 Å². The minimum absolute atomic E-state index is 0.0469. The van der Waals surface area contributed by atoms with Gasteiger partial charge in [0.1, 0.15) is 10.6 Å². The molecule has 2 aromatic heterocycles. The maximum absolute atomic E-state index is 12.7. The van der Waals surface area contributed by atoms with Gasteiger partial charge in [-0.25, -0.2) is 0 Å². The number of benzene rings is 1. The number of nitrogens with one attached hydrogen (secondary N) is 1. The summed E-state index contributed by atoms with van der Waals surface area (Å²) in [7, 11) is 3.51. The van der Waals surface area contributed by atoms with Gasteiger partial charge in [-0.2, -0.15) is 5.10 Å². The largest absolute Gasteiger partial charge is 0.496 e. The molecule has 0 saturated carbocycles. The SMILES string of the molecule is COc1ccccc1CC(=O)N1CCC(NC(=O)c2cc3c(C)nn(C)c3s2)CC1. The minimum atomic E-state index is -0.0469. The van der Waals surface area contributed by atoms with Crippen molar-refractivity contribution in [2.45, 2.75) is 32.2 Å². The number of rotatable bonds is 5. The fourth-order valence-corrected chi connectivity index (χ4v) is 5.00. The van der Waals surface area contributed by atoms with E-state index in [0.717, 1.165) is 40.1 Å². The van der Waals surface area contributed by atoms with E-state index in [-0.39, 0.29) is 17.9 Å². The van der Waals surface area contributed by atoms with Gasteiger partial charge in [0.15, 0.2) is 0 Å². The molecule has 1 saturated heterocycles. The molecule has 0 spiro atoms. The quantitative estimate of drug-likeness (QED) is 0.681. The Hall–Kier alpha value is -2.87. The molecule has 4 rings (SSSR count). The summed E-state index contributed by atoms with van der Waals surface area (Å²) in [6.45, 7) is 3.25. The van der Waals surface area contributed by atoms with Gasteiger partial charge in [0.25, 0.3) is 5.91 Å². The zero-order valence-electron chi connectivity index (χ0n) is 17.5. The van der Waals surface area contributed by atoms with Crippen LogP contribution in [0.1, 0.15) is 33.8 Å². The lowest BCUT2D eigenvalue weighted by Gasteiger charge is -2.32. The van der Waals surface area contributed by atoms with Gasteiger partial charge in [0.2, 0.25) is 5.91 Å². The number of hydrogen-bond acceptors (Lipinski definition) is 5. The third kappa shape index (κ3) is 4.05. The topological polar surface area (TPSA) is 76.5 Å². The standard InChI is InChI=1S/C22H26N4O3S/c1-14-17-13-19(30-22(17)25(2)24-14)21(28)23-16-8-10-26(11-9-16)20(27)12-15-6-4-5-7-18(15)29-3/h4-7,13,16H,8-12H2,1-3H3,(H,23,28). The zero-order chi connectivity index (χ0) is 21.3. The number of nitrogens with zero attached hydrogens (tertiary/aromatic N) is 3. The molecular formula is C22H26N4O3S. The number of amides is 2. The van der Waals surface area contributed by atoms with E-state index in [0.29, 0.717) is 24.4 Å². The van der Waals surface area contributed by atoms with Gasteiger partial charge in [-0.3, -0.25) is 14.3 Å². The molecule has 2 amide bonds. The zero-order valence-corrected chi connectivity index (χ0v) is 18.3. The van der Waals surface area contributed by atoms with Crippen molar-refractivity contribution in [2.24, 2.45) is 7.05 Å². The van der Waals surface area contributed by atoms with E-state index in [1.54, 1.807) is 7.11 Å². The number of likely N-dealkylation sites (tertiary alicyclic amines) is 1. The second kappa shape index (κ2) is 8.47. The molecule has 1 fully saturated rings. The average molecular weight is 427 g/mol. The Balaban J connectivity index is 1.32. The van der Waals surface area contributed by atoms with E-state index in [2.05, 4.69) is 10.4 Å². The normalized spacial score (nSPS) is 14.8. The lowest BCUT2D eigenvalue weighted by molar-refractivity contribution is -0.131. The fourth-order valence-electron chi connectivity index (χ4n) is 3.97. The lowest BCUT2D eigenvalue weighted by atomic mass is 10.0. The van der Waals surface area contributed by atoms with Crippen LogP contribution in [0.4, 0.5) is 0 Å². The summed E-state index contributed by atoms with van der Waals surface area (Å²) >= 11 is 1.46. The van der Waals surface area contributed by atoms with Crippen LogP contribution in [0, 0.1) is 6.92 Å². The molecule has 7 nitrogen and oxygen atoms in total. The van der Waals surface area contributed by atoms with Crippen molar-refractivity contribution in [1.82, 2.24) is 20.0 Å². The Kier molecular flexibility index (Phi) is 5.76. The maximum atomic E-state index is 12.7. The number of hydrogen-bond donors (Lipinski definition) is 1. The van der Waals surface area contributed by atoms with Crippen LogP contribution < -0.4 is 10.1 Å². The molecule has 8 heteroatoms. The maximum Gasteiger partial charge on any atom is 0.261 e. The van der Waals surface area contributed by atoms with Crippen molar-refractivity contribution >= 4 is 33.4 Å². The summed E-state index contributed by atoms with van der Waals surface area (Å²) in [6.07, 6.45) is 1.85. The summed E-state index contributed by atoms with van der Waals surface area (Å²) in [4.78, 5) is 29.0. The summed E-state index contributed by atoms with van der Waals surface area (Å²) in [5.74, 6) is 0.785. The first-order valence-electron chi connectivity index (χ1n) is 10.1. The highest BCUT2D eigenvalue weighted by Crippen LogP contribution is 2.28. The fraction of sp³-hybridized carbons (Fsp3) is 0.409. The third-order valence-electron chi connectivity index (χ3n) is 5.64. The highest BCUT2D eigenvalue weighted by atomic mass is 32.1. The van der Waals surface area contributed by atoms with Gasteiger partial charge >= 0.3 is 0 Å². The first kappa shape index (κ1) is 20.4. The molecule has 1 aromatic carbocycles. The Labute approximate surface area is 179 Å². The smallest absolute Gasteiger partial charge is 0.261 e. The van der Waals surface area contributed by atoms with Gasteiger partial charge in [-0.05, 0) is 31.9 Å². The third-order valence-corrected chi connectivity index (χ3v) is 6.84. The Morgan fingerprint density at radius 3 is 2.70 bits per heavy atom. The van der Waals surface area contributed by atoms with Crippen LogP contribution in [0.25, 0.3) is 10.2 Å². The number of para-hydroxylation sites is 1. The van der Waals surface area contributed by atoms with Gasteiger partial charge in [0.05, 0.1) is 24.1 Å².